The van der Waals surface area contributed by atoms with Gasteiger partial charge in [0.2, 0.25) is 0 Å². The molecule has 3 aromatic heterocycles. The number of halogens is 1. The fourth-order valence-corrected chi connectivity index (χ4v) is 4.48. The van der Waals surface area contributed by atoms with Crippen LogP contribution in [0, 0.1) is 11.3 Å². The summed E-state index contributed by atoms with van der Waals surface area (Å²) in [5.74, 6) is 0.106. The van der Waals surface area contributed by atoms with Gasteiger partial charge in [-0.1, -0.05) is 29.8 Å². The van der Waals surface area contributed by atoms with Crippen molar-refractivity contribution in [2.75, 3.05) is 5.73 Å². The van der Waals surface area contributed by atoms with E-state index in [1.54, 1.807) is 23.6 Å². The van der Waals surface area contributed by atoms with Gasteiger partial charge in [-0.25, -0.2) is 9.97 Å². The van der Waals surface area contributed by atoms with Crippen molar-refractivity contribution in [3.8, 4) is 27.9 Å². The molecular weight excluding hydrogens is 392 g/mol. The molecule has 0 aliphatic rings. The summed E-state index contributed by atoms with van der Waals surface area (Å²) in [5, 5.41) is 18.8. The van der Waals surface area contributed by atoms with Crippen molar-refractivity contribution >= 4 is 49.7 Å². The van der Waals surface area contributed by atoms with Gasteiger partial charge in [0.05, 0.1) is 27.3 Å². The van der Waals surface area contributed by atoms with Crippen LogP contribution in [0.4, 0.5) is 5.82 Å². The SMILES string of the molecule is N#Cc1nc(-c2cc(Cl)c3[nH]ncc3c2)c(-c2cc3ccccc3s2)nc1N. The smallest absolute Gasteiger partial charge is 0.183 e. The molecular formula is C20H11ClN6S. The van der Waals surface area contributed by atoms with Crippen LogP contribution in [0.5, 0.6) is 0 Å². The molecule has 0 saturated carbocycles. The number of benzene rings is 2. The Bertz CT molecular complexity index is 1380. The number of hydrogen-bond donors (Lipinski definition) is 2. The summed E-state index contributed by atoms with van der Waals surface area (Å²) in [6.07, 6.45) is 1.69. The molecule has 6 nitrogen and oxygen atoms in total. The Balaban J connectivity index is 1.81. The number of aromatic nitrogens is 4. The van der Waals surface area contributed by atoms with Gasteiger partial charge in [-0.15, -0.1) is 11.3 Å². The van der Waals surface area contributed by atoms with E-state index in [1.165, 1.54) is 0 Å². The van der Waals surface area contributed by atoms with Crippen molar-refractivity contribution in [1.29, 1.82) is 5.26 Å². The Hall–Kier alpha value is -3.47. The second-order valence-corrected chi connectivity index (χ2v) is 7.70. The quantitative estimate of drug-likeness (QED) is 0.432. The van der Waals surface area contributed by atoms with E-state index in [4.69, 9.17) is 17.3 Å². The predicted molar refractivity (Wildman–Crippen MR) is 112 cm³/mol. The van der Waals surface area contributed by atoms with Gasteiger partial charge in [-0.05, 0) is 29.7 Å². The zero-order valence-corrected chi connectivity index (χ0v) is 15.8. The first kappa shape index (κ1) is 16.7. The maximum atomic E-state index is 9.39. The van der Waals surface area contributed by atoms with E-state index in [2.05, 4.69) is 32.3 Å². The van der Waals surface area contributed by atoms with Crippen LogP contribution < -0.4 is 5.73 Å². The average Bonchev–Trinajstić information content (AvgIpc) is 3.34. The van der Waals surface area contributed by atoms with Gasteiger partial charge in [-0.2, -0.15) is 10.4 Å². The number of rotatable bonds is 2. The molecule has 5 aromatic rings. The number of nitrogen functional groups attached to an aromatic ring is 1. The van der Waals surface area contributed by atoms with Crippen molar-refractivity contribution in [1.82, 2.24) is 20.2 Å². The third-order valence-corrected chi connectivity index (χ3v) is 5.88. The van der Waals surface area contributed by atoms with E-state index in [-0.39, 0.29) is 11.5 Å². The second-order valence-electron chi connectivity index (χ2n) is 6.21. The van der Waals surface area contributed by atoms with E-state index in [0.717, 1.165) is 31.4 Å². The lowest BCUT2D eigenvalue weighted by molar-refractivity contribution is 1.12. The minimum Gasteiger partial charge on any atom is -0.381 e. The zero-order chi connectivity index (χ0) is 19.3. The first-order valence-corrected chi connectivity index (χ1v) is 9.53. The Kier molecular flexibility index (Phi) is 3.76. The lowest BCUT2D eigenvalue weighted by Crippen LogP contribution is -2.02. The highest BCUT2D eigenvalue weighted by Gasteiger charge is 2.19. The Morgan fingerprint density at radius 3 is 2.75 bits per heavy atom. The lowest BCUT2D eigenvalue weighted by Gasteiger charge is -2.10. The third kappa shape index (κ3) is 2.59. The maximum absolute atomic E-state index is 9.39. The van der Waals surface area contributed by atoms with Gasteiger partial charge in [-0.3, -0.25) is 5.10 Å². The summed E-state index contributed by atoms with van der Waals surface area (Å²) >= 11 is 8.01. The molecule has 2 aromatic carbocycles. The van der Waals surface area contributed by atoms with Crippen molar-refractivity contribution < 1.29 is 0 Å². The van der Waals surface area contributed by atoms with Crippen LogP contribution in [0.25, 0.3) is 42.8 Å². The molecule has 3 N–H and O–H groups in total. The summed E-state index contributed by atoms with van der Waals surface area (Å²) in [7, 11) is 0. The molecule has 0 spiro atoms. The molecule has 28 heavy (non-hydrogen) atoms. The predicted octanol–water partition coefficient (Wildman–Crippen LogP) is 5.01. The van der Waals surface area contributed by atoms with Crippen LogP contribution in [0.2, 0.25) is 5.02 Å². The highest BCUT2D eigenvalue weighted by Crippen LogP contribution is 2.39. The van der Waals surface area contributed by atoms with Crippen LogP contribution in [0.15, 0.2) is 48.7 Å². The number of H-pyrrole nitrogens is 1. The molecule has 0 amide bonds. The molecule has 0 bridgehead atoms. The molecule has 0 radical (unpaired) electrons. The minimum atomic E-state index is 0.0864. The first-order valence-electron chi connectivity index (χ1n) is 8.33. The fraction of sp³-hybridized carbons (Fsp3) is 0. The number of aromatic amines is 1. The van der Waals surface area contributed by atoms with E-state index >= 15 is 0 Å². The largest absolute Gasteiger partial charge is 0.381 e. The maximum Gasteiger partial charge on any atom is 0.183 e. The number of hydrogen-bond acceptors (Lipinski definition) is 6. The Morgan fingerprint density at radius 2 is 1.93 bits per heavy atom. The summed E-state index contributed by atoms with van der Waals surface area (Å²) in [6, 6.07) is 15.9. The van der Waals surface area contributed by atoms with Gasteiger partial charge < -0.3 is 5.73 Å². The second kappa shape index (κ2) is 6.30. The van der Waals surface area contributed by atoms with Gasteiger partial charge >= 0.3 is 0 Å². The van der Waals surface area contributed by atoms with Crippen molar-refractivity contribution in [3.63, 3.8) is 0 Å². The number of nitriles is 1. The number of thiophene rings is 1. The molecule has 5 rings (SSSR count). The van der Waals surface area contributed by atoms with Crippen LogP contribution >= 0.6 is 22.9 Å². The molecule has 0 aliphatic carbocycles. The number of fused-ring (bicyclic) bond motifs is 2. The highest BCUT2D eigenvalue weighted by atomic mass is 35.5. The van der Waals surface area contributed by atoms with E-state index < -0.39 is 0 Å². The molecule has 0 atom stereocenters. The summed E-state index contributed by atoms with van der Waals surface area (Å²) < 4.78 is 1.14. The van der Waals surface area contributed by atoms with Crippen LogP contribution in [-0.4, -0.2) is 20.2 Å². The highest BCUT2D eigenvalue weighted by molar-refractivity contribution is 7.22. The molecule has 134 valence electrons. The number of nitrogens with two attached hydrogens (primary N) is 1. The van der Waals surface area contributed by atoms with E-state index in [1.807, 2.05) is 30.3 Å². The molecule has 0 fully saturated rings. The minimum absolute atomic E-state index is 0.0864. The van der Waals surface area contributed by atoms with Gasteiger partial charge in [0.15, 0.2) is 11.5 Å². The molecule has 0 saturated heterocycles. The average molecular weight is 403 g/mol. The molecule has 0 aliphatic heterocycles. The van der Waals surface area contributed by atoms with Crippen LogP contribution in [0.1, 0.15) is 5.69 Å². The van der Waals surface area contributed by atoms with Crippen LogP contribution in [0.3, 0.4) is 0 Å². The Morgan fingerprint density at radius 1 is 1.07 bits per heavy atom. The van der Waals surface area contributed by atoms with Crippen molar-refractivity contribution in [2.45, 2.75) is 0 Å². The number of nitrogens with zero attached hydrogens (tertiary/aromatic N) is 4. The third-order valence-electron chi connectivity index (χ3n) is 4.46. The summed E-state index contributed by atoms with van der Waals surface area (Å²) in [6.45, 7) is 0. The lowest BCUT2D eigenvalue weighted by atomic mass is 10.1. The zero-order valence-electron chi connectivity index (χ0n) is 14.3. The molecule has 0 unspecified atom stereocenters. The summed E-state index contributed by atoms with van der Waals surface area (Å²) in [4.78, 5) is 9.95. The van der Waals surface area contributed by atoms with Gasteiger partial charge in [0, 0.05) is 15.6 Å². The standard InChI is InChI=1S/C20H11ClN6S/c21-13-6-11(5-12-9-24-27-17(12)13)18-19(26-20(23)14(8-22)25-18)16-7-10-3-1-2-4-15(10)28-16/h1-7,9H,(H2,23,26)(H,24,27). The number of anilines is 1. The molecule has 8 heteroatoms. The van der Waals surface area contributed by atoms with Crippen molar-refractivity contribution in [2.24, 2.45) is 0 Å². The topological polar surface area (TPSA) is 104 Å². The van der Waals surface area contributed by atoms with Crippen molar-refractivity contribution in [3.05, 3.63) is 59.4 Å². The van der Waals surface area contributed by atoms with E-state index in [0.29, 0.717) is 16.4 Å². The van der Waals surface area contributed by atoms with Gasteiger partial charge in [0.1, 0.15) is 11.8 Å². The van der Waals surface area contributed by atoms with Crippen LogP contribution in [-0.2, 0) is 0 Å². The fourth-order valence-electron chi connectivity index (χ4n) is 3.15. The summed E-state index contributed by atoms with van der Waals surface area (Å²) in [5.41, 5.74) is 8.74. The van der Waals surface area contributed by atoms with E-state index in [9.17, 15) is 5.26 Å². The normalized spacial score (nSPS) is 11.1. The number of nitrogens with one attached hydrogen (secondary N) is 1. The molecule has 3 heterocycles. The Labute approximate surface area is 168 Å². The first-order chi connectivity index (χ1) is 13.6. The van der Waals surface area contributed by atoms with Gasteiger partial charge in [0.25, 0.3) is 0 Å². The monoisotopic (exact) mass is 402 g/mol.